The van der Waals surface area contributed by atoms with E-state index in [9.17, 15) is 0 Å². The van der Waals surface area contributed by atoms with E-state index in [1.807, 2.05) is 27.7 Å². The lowest BCUT2D eigenvalue weighted by molar-refractivity contribution is 0.364. The number of thioether (sulfide) groups is 1. The molecule has 0 aliphatic heterocycles. The second-order valence-corrected chi connectivity index (χ2v) is 7.01. The Morgan fingerprint density at radius 3 is 2.71 bits per heavy atom. The molecule has 0 amide bonds. The van der Waals surface area contributed by atoms with Gasteiger partial charge in [0, 0.05) is 12.0 Å². The first kappa shape index (κ1) is 15.6. The third-order valence-electron chi connectivity index (χ3n) is 2.80. The van der Waals surface area contributed by atoms with E-state index in [2.05, 4.69) is 26.9 Å². The topological polar surface area (TPSA) is 95.7 Å². The molecule has 0 radical (unpaired) electrons. The molecule has 2 heterocycles. The number of nitrogens with zero attached hydrogens (tertiary/aromatic N) is 5. The minimum atomic E-state index is -0.139. The normalized spacial score (nSPS) is 13.3. The molecular formula is C13H20N6OS. The van der Waals surface area contributed by atoms with Gasteiger partial charge in [-0.15, -0.1) is 16.8 Å². The Labute approximate surface area is 128 Å². The molecule has 8 heteroatoms. The van der Waals surface area contributed by atoms with Gasteiger partial charge in [-0.05, 0) is 6.92 Å². The van der Waals surface area contributed by atoms with Gasteiger partial charge in [-0.1, -0.05) is 43.8 Å². The van der Waals surface area contributed by atoms with Gasteiger partial charge in [-0.3, -0.25) is 4.57 Å². The van der Waals surface area contributed by atoms with Crippen LogP contribution in [0.5, 0.6) is 0 Å². The Morgan fingerprint density at radius 1 is 1.43 bits per heavy atom. The van der Waals surface area contributed by atoms with Gasteiger partial charge < -0.3 is 10.3 Å². The summed E-state index contributed by atoms with van der Waals surface area (Å²) in [5.41, 5.74) is 5.64. The highest BCUT2D eigenvalue weighted by molar-refractivity contribution is 7.99. The van der Waals surface area contributed by atoms with Crippen LogP contribution in [0.2, 0.25) is 0 Å². The lowest BCUT2D eigenvalue weighted by Gasteiger charge is -2.11. The summed E-state index contributed by atoms with van der Waals surface area (Å²) in [6, 6.07) is 0. The van der Waals surface area contributed by atoms with Gasteiger partial charge in [0.25, 0.3) is 0 Å². The lowest BCUT2D eigenvalue weighted by atomic mass is 9.96. The highest BCUT2D eigenvalue weighted by Gasteiger charge is 2.24. The lowest BCUT2D eigenvalue weighted by Crippen LogP contribution is -2.13. The molecule has 2 N–H and O–H groups in total. The maximum atomic E-state index is 5.78. The Bertz CT molecular complexity index is 627. The minimum Gasteiger partial charge on any atom is -0.368 e. The van der Waals surface area contributed by atoms with E-state index in [1.165, 1.54) is 11.8 Å². The SMILES string of the molecule is C=CCn1c(N)nnc1S[C@H](C)c1nc(C(C)(C)C)no1. The van der Waals surface area contributed by atoms with E-state index >= 15 is 0 Å². The first-order valence-electron chi connectivity index (χ1n) is 6.63. The van der Waals surface area contributed by atoms with Crippen molar-refractivity contribution in [1.29, 1.82) is 0 Å². The number of hydrogen-bond acceptors (Lipinski definition) is 7. The van der Waals surface area contributed by atoms with Crippen LogP contribution in [0.25, 0.3) is 0 Å². The summed E-state index contributed by atoms with van der Waals surface area (Å²) in [5, 5.41) is 12.6. The van der Waals surface area contributed by atoms with Gasteiger partial charge in [0.1, 0.15) is 0 Å². The average molecular weight is 308 g/mol. The third-order valence-corrected chi connectivity index (χ3v) is 3.87. The second kappa shape index (κ2) is 5.88. The van der Waals surface area contributed by atoms with E-state index in [1.54, 1.807) is 10.6 Å². The molecule has 2 aromatic rings. The second-order valence-electron chi connectivity index (χ2n) is 5.71. The monoisotopic (exact) mass is 308 g/mol. The van der Waals surface area contributed by atoms with Crippen LogP contribution in [0.4, 0.5) is 5.95 Å². The van der Waals surface area contributed by atoms with E-state index in [-0.39, 0.29) is 10.7 Å². The molecule has 1 atom stereocenters. The largest absolute Gasteiger partial charge is 0.368 e. The molecule has 0 spiro atoms. The number of nitrogens with two attached hydrogens (primary N) is 1. The molecule has 2 aromatic heterocycles. The van der Waals surface area contributed by atoms with Crippen molar-refractivity contribution in [3.05, 3.63) is 24.4 Å². The Kier molecular flexibility index (Phi) is 4.36. The van der Waals surface area contributed by atoms with Crippen molar-refractivity contribution in [2.75, 3.05) is 5.73 Å². The van der Waals surface area contributed by atoms with Crippen LogP contribution >= 0.6 is 11.8 Å². The van der Waals surface area contributed by atoms with Crippen LogP contribution in [-0.2, 0) is 12.0 Å². The summed E-state index contributed by atoms with van der Waals surface area (Å²) in [7, 11) is 0. The maximum Gasteiger partial charge on any atom is 0.239 e. The first-order valence-corrected chi connectivity index (χ1v) is 7.51. The highest BCUT2D eigenvalue weighted by atomic mass is 32.2. The number of anilines is 1. The molecular weight excluding hydrogens is 288 g/mol. The predicted octanol–water partition coefficient (Wildman–Crippen LogP) is 2.58. The van der Waals surface area contributed by atoms with Gasteiger partial charge in [-0.2, -0.15) is 4.98 Å². The van der Waals surface area contributed by atoms with E-state index < -0.39 is 0 Å². The van der Waals surface area contributed by atoms with Crippen molar-refractivity contribution in [3.63, 3.8) is 0 Å². The van der Waals surface area contributed by atoms with Crippen molar-refractivity contribution >= 4 is 17.7 Å². The zero-order chi connectivity index (χ0) is 15.6. The van der Waals surface area contributed by atoms with Crippen molar-refractivity contribution in [1.82, 2.24) is 24.9 Å². The average Bonchev–Trinajstić information content (AvgIpc) is 3.00. The fraction of sp³-hybridized carbons (Fsp3) is 0.538. The quantitative estimate of drug-likeness (QED) is 0.670. The Hall–Kier alpha value is -1.83. The van der Waals surface area contributed by atoms with Gasteiger partial charge in [0.05, 0.1) is 5.25 Å². The summed E-state index contributed by atoms with van der Waals surface area (Å²) in [4.78, 5) is 4.45. The molecule has 0 bridgehead atoms. The summed E-state index contributed by atoms with van der Waals surface area (Å²) in [6.45, 7) is 12.4. The van der Waals surface area contributed by atoms with Crippen LogP contribution in [0.1, 0.15) is 44.7 Å². The van der Waals surface area contributed by atoms with E-state index in [0.717, 1.165) is 0 Å². The maximum absolute atomic E-state index is 5.78. The van der Waals surface area contributed by atoms with Gasteiger partial charge in [0.2, 0.25) is 11.8 Å². The molecule has 21 heavy (non-hydrogen) atoms. The van der Waals surface area contributed by atoms with Crippen LogP contribution in [0.15, 0.2) is 22.3 Å². The fourth-order valence-corrected chi connectivity index (χ4v) is 2.50. The first-order chi connectivity index (χ1) is 9.82. The van der Waals surface area contributed by atoms with E-state index in [0.29, 0.717) is 29.4 Å². The Balaban J connectivity index is 2.16. The van der Waals surface area contributed by atoms with Crippen LogP contribution < -0.4 is 5.73 Å². The van der Waals surface area contributed by atoms with Gasteiger partial charge in [-0.25, -0.2) is 0 Å². The summed E-state index contributed by atoms with van der Waals surface area (Å²) < 4.78 is 7.13. The van der Waals surface area contributed by atoms with Crippen LogP contribution in [0, 0.1) is 0 Å². The summed E-state index contributed by atoms with van der Waals surface area (Å²) >= 11 is 1.47. The summed E-state index contributed by atoms with van der Waals surface area (Å²) in [5.74, 6) is 1.62. The number of aromatic nitrogens is 5. The van der Waals surface area contributed by atoms with E-state index in [4.69, 9.17) is 10.3 Å². The fourth-order valence-electron chi connectivity index (χ4n) is 1.60. The van der Waals surface area contributed by atoms with Crippen LogP contribution in [0.3, 0.4) is 0 Å². The molecule has 0 aliphatic carbocycles. The number of allylic oxidation sites excluding steroid dienone is 1. The number of hydrogen-bond donors (Lipinski definition) is 1. The third kappa shape index (κ3) is 3.44. The molecule has 7 nitrogen and oxygen atoms in total. The zero-order valence-electron chi connectivity index (χ0n) is 12.7. The van der Waals surface area contributed by atoms with Gasteiger partial charge in [0.15, 0.2) is 11.0 Å². The predicted molar refractivity (Wildman–Crippen MR) is 81.9 cm³/mol. The molecule has 0 aliphatic rings. The zero-order valence-corrected chi connectivity index (χ0v) is 13.5. The molecule has 0 saturated carbocycles. The molecule has 2 rings (SSSR count). The molecule has 0 fully saturated rings. The van der Waals surface area contributed by atoms with Gasteiger partial charge >= 0.3 is 0 Å². The standard InChI is InChI=1S/C13H20N6OS/c1-6-7-19-11(14)16-17-12(19)21-8(2)9-15-10(18-20-9)13(3,4)5/h6,8H,1,7H2,2-5H3,(H2,14,16)/t8-/m1/s1. The van der Waals surface area contributed by atoms with Crippen molar-refractivity contribution in [2.24, 2.45) is 0 Å². The number of rotatable bonds is 5. The van der Waals surface area contributed by atoms with Crippen LogP contribution in [-0.4, -0.2) is 24.9 Å². The van der Waals surface area contributed by atoms with Crippen molar-refractivity contribution in [2.45, 2.75) is 50.1 Å². The minimum absolute atomic E-state index is 0.0410. The van der Waals surface area contributed by atoms with Crippen molar-refractivity contribution < 1.29 is 4.52 Å². The van der Waals surface area contributed by atoms with Crippen molar-refractivity contribution in [3.8, 4) is 0 Å². The highest BCUT2D eigenvalue weighted by Crippen LogP contribution is 2.34. The molecule has 114 valence electrons. The summed E-state index contributed by atoms with van der Waals surface area (Å²) in [6.07, 6.45) is 1.75. The smallest absolute Gasteiger partial charge is 0.239 e. The Morgan fingerprint density at radius 2 is 2.14 bits per heavy atom. The molecule has 0 saturated heterocycles. The number of nitrogen functional groups attached to an aromatic ring is 1. The molecule has 0 aromatic carbocycles. The molecule has 0 unspecified atom stereocenters.